The largest absolute Gasteiger partial charge is 0.450 e. The summed E-state index contributed by atoms with van der Waals surface area (Å²) < 4.78 is 10.1. The molecule has 1 aliphatic rings. The van der Waals surface area contributed by atoms with Gasteiger partial charge in [-0.15, -0.1) is 0 Å². The molecular formula is C14H22N2O6. The van der Waals surface area contributed by atoms with Crippen molar-refractivity contribution in [3.05, 3.63) is 0 Å². The van der Waals surface area contributed by atoms with E-state index in [0.717, 1.165) is 0 Å². The van der Waals surface area contributed by atoms with Crippen molar-refractivity contribution in [1.82, 2.24) is 10.6 Å². The molecule has 1 rings (SSSR count). The lowest BCUT2D eigenvalue weighted by Gasteiger charge is -2.23. The Labute approximate surface area is 128 Å². The Morgan fingerprint density at radius 3 is 2.45 bits per heavy atom. The maximum Gasteiger partial charge on any atom is 0.408 e. The monoisotopic (exact) mass is 314 g/mol. The molecule has 0 radical (unpaired) electrons. The molecule has 1 fully saturated rings. The van der Waals surface area contributed by atoms with Crippen molar-refractivity contribution in [1.29, 1.82) is 0 Å². The average molecular weight is 314 g/mol. The van der Waals surface area contributed by atoms with Crippen LogP contribution in [0.3, 0.4) is 0 Å². The molecule has 22 heavy (non-hydrogen) atoms. The molecule has 0 spiro atoms. The number of imide groups is 1. The highest BCUT2D eigenvalue weighted by atomic mass is 16.6. The minimum Gasteiger partial charge on any atom is -0.450 e. The fourth-order valence-corrected chi connectivity index (χ4v) is 1.83. The van der Waals surface area contributed by atoms with Crippen molar-refractivity contribution < 1.29 is 28.7 Å². The van der Waals surface area contributed by atoms with E-state index in [0.29, 0.717) is 12.8 Å². The van der Waals surface area contributed by atoms with Crippen molar-refractivity contribution in [3.8, 4) is 0 Å². The van der Waals surface area contributed by atoms with Gasteiger partial charge in [0.15, 0.2) is 6.10 Å². The van der Waals surface area contributed by atoms with Crippen molar-refractivity contribution in [2.75, 3.05) is 0 Å². The molecule has 0 aromatic rings. The van der Waals surface area contributed by atoms with E-state index in [-0.39, 0.29) is 6.42 Å². The number of carbonyl (C=O) groups excluding carboxylic acids is 4. The van der Waals surface area contributed by atoms with Gasteiger partial charge < -0.3 is 14.8 Å². The number of ether oxygens (including phenoxy) is 2. The zero-order valence-electron chi connectivity index (χ0n) is 13.2. The van der Waals surface area contributed by atoms with E-state index in [4.69, 9.17) is 9.47 Å². The standard InChI is InChI=1S/C14H22N2O6/c1-5-6-8(15-13(20)22-14(2,3)4)12(19)21-9-7-10(17)16-11(9)18/h8-9H,5-7H2,1-4H3,(H,15,20)(H,16,17,18)/t8-,9-/m0/s1. The Balaban J connectivity index is 2.61. The van der Waals surface area contributed by atoms with Gasteiger partial charge in [0.2, 0.25) is 5.91 Å². The summed E-state index contributed by atoms with van der Waals surface area (Å²) in [6, 6.07) is -0.927. The summed E-state index contributed by atoms with van der Waals surface area (Å²) in [5.41, 5.74) is -0.692. The fourth-order valence-electron chi connectivity index (χ4n) is 1.83. The lowest BCUT2D eigenvalue weighted by Crippen LogP contribution is -2.45. The van der Waals surface area contributed by atoms with Gasteiger partial charge in [-0.3, -0.25) is 14.9 Å². The smallest absolute Gasteiger partial charge is 0.408 e. The first-order chi connectivity index (χ1) is 10.1. The Bertz CT molecular complexity index is 468. The second-order valence-corrected chi connectivity index (χ2v) is 6.03. The zero-order valence-corrected chi connectivity index (χ0v) is 13.2. The topological polar surface area (TPSA) is 111 Å². The number of carbonyl (C=O) groups is 4. The Hall–Kier alpha value is -2.12. The summed E-state index contributed by atoms with van der Waals surface area (Å²) in [4.78, 5) is 46.2. The van der Waals surface area contributed by atoms with Crippen LogP contribution in [-0.2, 0) is 23.9 Å². The maximum absolute atomic E-state index is 12.1. The predicted octanol–water partition coefficient (Wildman–Crippen LogP) is 0.638. The zero-order chi connectivity index (χ0) is 16.9. The van der Waals surface area contributed by atoms with Crippen LogP contribution in [0.2, 0.25) is 0 Å². The number of hydrogen-bond acceptors (Lipinski definition) is 6. The SMILES string of the molecule is CCC[C@H](NC(=O)OC(C)(C)C)C(=O)O[C@H]1CC(=O)NC1=O. The van der Waals surface area contributed by atoms with Gasteiger partial charge in [-0.05, 0) is 27.2 Å². The Morgan fingerprint density at radius 2 is 2.00 bits per heavy atom. The number of rotatable bonds is 5. The molecule has 1 heterocycles. The molecule has 2 N–H and O–H groups in total. The molecule has 3 amide bonds. The second kappa shape index (κ2) is 7.24. The summed E-state index contributed by atoms with van der Waals surface area (Å²) in [5, 5.41) is 4.47. The highest BCUT2D eigenvalue weighted by Crippen LogP contribution is 2.11. The van der Waals surface area contributed by atoms with Gasteiger partial charge in [-0.25, -0.2) is 9.59 Å². The molecule has 0 unspecified atom stereocenters. The summed E-state index contributed by atoms with van der Waals surface area (Å²) in [6.45, 7) is 6.94. The quantitative estimate of drug-likeness (QED) is 0.569. The summed E-state index contributed by atoms with van der Waals surface area (Å²) in [7, 11) is 0. The lowest BCUT2D eigenvalue weighted by atomic mass is 10.1. The van der Waals surface area contributed by atoms with E-state index >= 15 is 0 Å². The minimum absolute atomic E-state index is 0.199. The number of esters is 1. The Morgan fingerprint density at radius 1 is 1.36 bits per heavy atom. The second-order valence-electron chi connectivity index (χ2n) is 6.03. The molecule has 0 aromatic heterocycles. The van der Waals surface area contributed by atoms with Crippen LogP contribution >= 0.6 is 0 Å². The van der Waals surface area contributed by atoms with Crippen LogP contribution in [0, 0.1) is 0 Å². The van der Waals surface area contributed by atoms with E-state index in [2.05, 4.69) is 5.32 Å². The number of hydrogen-bond donors (Lipinski definition) is 2. The summed E-state index contributed by atoms with van der Waals surface area (Å²) >= 11 is 0. The van der Waals surface area contributed by atoms with Gasteiger partial charge in [0.05, 0.1) is 6.42 Å². The summed E-state index contributed by atoms with van der Waals surface area (Å²) in [5.74, 6) is -1.90. The molecule has 1 aliphatic heterocycles. The first kappa shape index (κ1) is 17.9. The van der Waals surface area contributed by atoms with Crippen molar-refractivity contribution in [3.63, 3.8) is 0 Å². The van der Waals surface area contributed by atoms with Crippen LogP contribution in [0.4, 0.5) is 4.79 Å². The first-order valence-electron chi connectivity index (χ1n) is 7.16. The van der Waals surface area contributed by atoms with Gasteiger partial charge in [0.1, 0.15) is 11.6 Å². The highest BCUT2D eigenvalue weighted by Gasteiger charge is 2.36. The maximum atomic E-state index is 12.1. The Kier molecular flexibility index (Phi) is 5.90. The van der Waals surface area contributed by atoms with E-state index in [1.165, 1.54) is 0 Å². The fraction of sp³-hybridized carbons (Fsp3) is 0.714. The molecule has 2 atom stereocenters. The highest BCUT2D eigenvalue weighted by molar-refractivity contribution is 6.05. The average Bonchev–Trinajstić information content (AvgIpc) is 2.64. The molecule has 0 aliphatic carbocycles. The molecule has 0 bridgehead atoms. The number of amides is 3. The van der Waals surface area contributed by atoms with Crippen LogP contribution in [0.5, 0.6) is 0 Å². The van der Waals surface area contributed by atoms with Gasteiger partial charge in [0, 0.05) is 0 Å². The normalized spacial score (nSPS) is 19.4. The van der Waals surface area contributed by atoms with Crippen LogP contribution in [0.25, 0.3) is 0 Å². The number of alkyl carbamates (subject to hydrolysis) is 1. The van der Waals surface area contributed by atoms with Crippen LogP contribution in [-0.4, -0.2) is 41.6 Å². The minimum atomic E-state index is -1.14. The molecule has 0 aromatic carbocycles. The van der Waals surface area contributed by atoms with Crippen LogP contribution < -0.4 is 10.6 Å². The first-order valence-corrected chi connectivity index (χ1v) is 7.16. The molecule has 8 nitrogen and oxygen atoms in total. The molecular weight excluding hydrogens is 292 g/mol. The molecule has 0 saturated carbocycles. The van der Waals surface area contributed by atoms with Gasteiger partial charge >= 0.3 is 12.1 Å². The lowest BCUT2D eigenvalue weighted by molar-refractivity contribution is -0.156. The van der Waals surface area contributed by atoms with E-state index < -0.39 is 41.6 Å². The molecule has 8 heteroatoms. The van der Waals surface area contributed by atoms with Crippen LogP contribution in [0.15, 0.2) is 0 Å². The van der Waals surface area contributed by atoms with Gasteiger partial charge in [-0.2, -0.15) is 0 Å². The third-order valence-corrected chi connectivity index (χ3v) is 2.74. The molecule has 1 saturated heterocycles. The van der Waals surface area contributed by atoms with E-state index in [9.17, 15) is 19.2 Å². The predicted molar refractivity (Wildman–Crippen MR) is 75.7 cm³/mol. The van der Waals surface area contributed by atoms with Crippen molar-refractivity contribution in [2.24, 2.45) is 0 Å². The van der Waals surface area contributed by atoms with Crippen LogP contribution in [0.1, 0.15) is 47.0 Å². The number of nitrogens with one attached hydrogen (secondary N) is 2. The summed E-state index contributed by atoms with van der Waals surface area (Å²) in [6.07, 6.45) is -1.13. The van der Waals surface area contributed by atoms with E-state index in [1.54, 1.807) is 20.8 Å². The van der Waals surface area contributed by atoms with Crippen molar-refractivity contribution >= 4 is 23.9 Å². The van der Waals surface area contributed by atoms with E-state index in [1.807, 2.05) is 12.2 Å². The van der Waals surface area contributed by atoms with Gasteiger partial charge in [0.25, 0.3) is 5.91 Å². The van der Waals surface area contributed by atoms with Crippen molar-refractivity contribution in [2.45, 2.75) is 64.7 Å². The third-order valence-electron chi connectivity index (χ3n) is 2.74. The molecule has 124 valence electrons. The third kappa shape index (κ3) is 5.71. The van der Waals surface area contributed by atoms with Gasteiger partial charge in [-0.1, -0.05) is 13.3 Å².